The average Bonchev–Trinajstić information content (AvgIpc) is 2.58. The highest BCUT2D eigenvalue weighted by Gasteiger charge is 2.16. The van der Waals surface area contributed by atoms with Gasteiger partial charge in [-0.3, -0.25) is 4.79 Å². The Kier molecular flexibility index (Phi) is 4.86. The fraction of sp³-hybridized carbons (Fsp3) is 0.667. The number of nitrogens with one attached hydrogen (secondary N) is 1. The van der Waals surface area contributed by atoms with Crippen molar-refractivity contribution in [2.24, 2.45) is 0 Å². The Hall–Kier alpha value is -1.40. The van der Waals surface area contributed by atoms with Crippen molar-refractivity contribution in [3.63, 3.8) is 0 Å². The third-order valence-electron chi connectivity index (χ3n) is 2.27. The maximum Gasteiger partial charge on any atom is 0.226 e. The summed E-state index contributed by atoms with van der Waals surface area (Å²) in [6.07, 6.45) is 0.346. The van der Waals surface area contributed by atoms with Gasteiger partial charge in [0.05, 0.1) is 5.60 Å². The van der Waals surface area contributed by atoms with E-state index in [2.05, 4.69) is 10.5 Å². The normalized spacial score (nSPS) is 11.9. The Labute approximate surface area is 107 Å². The van der Waals surface area contributed by atoms with Crippen LogP contribution in [0.4, 0.5) is 5.82 Å². The lowest BCUT2D eigenvalue weighted by Gasteiger charge is -2.25. The maximum absolute atomic E-state index is 11.6. The van der Waals surface area contributed by atoms with Crippen LogP contribution in [0.3, 0.4) is 0 Å². The molecule has 1 amide bonds. The Morgan fingerprint density at radius 3 is 2.78 bits per heavy atom. The maximum atomic E-state index is 11.6. The smallest absolute Gasteiger partial charge is 0.226 e. The molecule has 0 spiro atoms. The standard InChI is InChI=1S/C12H21N3O3/c1-9-7-10(14-18-9)13-11(16)5-6-15(4)8-12(2,3)17/h7,17H,5-6,8H2,1-4H3,(H,13,14,16). The molecule has 2 N–H and O–H groups in total. The van der Waals surface area contributed by atoms with Gasteiger partial charge in [-0.1, -0.05) is 5.16 Å². The van der Waals surface area contributed by atoms with Gasteiger partial charge in [0.25, 0.3) is 0 Å². The van der Waals surface area contributed by atoms with Crippen LogP contribution in [0.1, 0.15) is 26.0 Å². The molecule has 0 saturated heterocycles. The van der Waals surface area contributed by atoms with Gasteiger partial charge in [-0.25, -0.2) is 0 Å². The van der Waals surface area contributed by atoms with E-state index in [0.29, 0.717) is 31.1 Å². The van der Waals surface area contributed by atoms with E-state index in [1.165, 1.54) is 0 Å². The third-order valence-corrected chi connectivity index (χ3v) is 2.27. The zero-order valence-corrected chi connectivity index (χ0v) is 11.4. The van der Waals surface area contributed by atoms with E-state index >= 15 is 0 Å². The van der Waals surface area contributed by atoms with Crippen molar-refractivity contribution in [3.8, 4) is 0 Å². The Morgan fingerprint density at radius 1 is 1.61 bits per heavy atom. The van der Waals surface area contributed by atoms with Crippen LogP contribution in [0.15, 0.2) is 10.6 Å². The molecule has 0 unspecified atom stereocenters. The van der Waals surface area contributed by atoms with Crippen LogP contribution < -0.4 is 5.32 Å². The lowest BCUT2D eigenvalue weighted by Crippen LogP contribution is -2.37. The molecular weight excluding hydrogens is 234 g/mol. The highest BCUT2D eigenvalue weighted by Crippen LogP contribution is 2.08. The van der Waals surface area contributed by atoms with Gasteiger partial charge in [-0.2, -0.15) is 0 Å². The summed E-state index contributed by atoms with van der Waals surface area (Å²) in [5.41, 5.74) is -0.756. The number of aliphatic hydroxyl groups is 1. The molecule has 6 heteroatoms. The predicted molar refractivity (Wildman–Crippen MR) is 68.3 cm³/mol. The molecule has 0 radical (unpaired) electrons. The molecule has 0 aliphatic heterocycles. The fourth-order valence-corrected chi connectivity index (χ4v) is 1.66. The summed E-state index contributed by atoms with van der Waals surface area (Å²) in [4.78, 5) is 13.5. The first-order valence-corrected chi connectivity index (χ1v) is 5.90. The van der Waals surface area contributed by atoms with Crippen LogP contribution in [0.25, 0.3) is 0 Å². The monoisotopic (exact) mass is 255 g/mol. The SMILES string of the molecule is Cc1cc(NC(=O)CCN(C)CC(C)(C)O)no1. The molecule has 1 rings (SSSR count). The first kappa shape index (κ1) is 14.7. The molecular formula is C12H21N3O3. The third kappa shape index (κ3) is 5.79. The second-order valence-electron chi connectivity index (χ2n) is 5.17. The van der Waals surface area contributed by atoms with Gasteiger partial charge in [0.1, 0.15) is 5.76 Å². The highest BCUT2D eigenvalue weighted by atomic mass is 16.5. The summed E-state index contributed by atoms with van der Waals surface area (Å²) >= 11 is 0. The average molecular weight is 255 g/mol. The van der Waals surface area contributed by atoms with Crippen LogP contribution in [-0.2, 0) is 4.79 Å². The lowest BCUT2D eigenvalue weighted by molar-refractivity contribution is -0.116. The van der Waals surface area contributed by atoms with Gasteiger partial charge in [-0.15, -0.1) is 0 Å². The molecule has 1 aromatic rings. The minimum atomic E-state index is -0.756. The molecule has 6 nitrogen and oxygen atoms in total. The van der Waals surface area contributed by atoms with Crippen molar-refractivity contribution in [2.45, 2.75) is 32.8 Å². The number of anilines is 1. The van der Waals surface area contributed by atoms with E-state index in [4.69, 9.17) is 4.52 Å². The summed E-state index contributed by atoms with van der Waals surface area (Å²) in [6, 6.07) is 1.67. The minimum absolute atomic E-state index is 0.120. The number of hydrogen-bond acceptors (Lipinski definition) is 5. The molecule has 18 heavy (non-hydrogen) atoms. The Morgan fingerprint density at radius 2 is 2.28 bits per heavy atom. The Bertz CT molecular complexity index is 396. The van der Waals surface area contributed by atoms with E-state index in [9.17, 15) is 9.90 Å². The number of aromatic nitrogens is 1. The van der Waals surface area contributed by atoms with Crippen LogP contribution in [0, 0.1) is 6.92 Å². The molecule has 1 aromatic heterocycles. The first-order chi connectivity index (χ1) is 8.26. The molecule has 0 fully saturated rings. The summed E-state index contributed by atoms with van der Waals surface area (Å²) in [6.45, 7) is 6.33. The van der Waals surface area contributed by atoms with Gasteiger partial charge in [0.15, 0.2) is 5.82 Å². The van der Waals surface area contributed by atoms with Crippen LogP contribution in [0.5, 0.6) is 0 Å². The van der Waals surface area contributed by atoms with Crippen LogP contribution in [0.2, 0.25) is 0 Å². The second kappa shape index (κ2) is 5.97. The zero-order valence-electron chi connectivity index (χ0n) is 11.4. The van der Waals surface area contributed by atoms with Crippen molar-refractivity contribution >= 4 is 11.7 Å². The van der Waals surface area contributed by atoms with Crippen LogP contribution >= 0.6 is 0 Å². The summed E-state index contributed by atoms with van der Waals surface area (Å²) < 4.78 is 4.85. The van der Waals surface area contributed by atoms with Crippen molar-refractivity contribution in [3.05, 3.63) is 11.8 Å². The molecule has 0 atom stereocenters. The molecule has 0 aromatic carbocycles. The highest BCUT2D eigenvalue weighted by molar-refractivity contribution is 5.89. The van der Waals surface area contributed by atoms with Crippen molar-refractivity contribution < 1.29 is 14.4 Å². The second-order valence-corrected chi connectivity index (χ2v) is 5.17. The minimum Gasteiger partial charge on any atom is -0.389 e. The van der Waals surface area contributed by atoms with Gasteiger partial charge in [-0.05, 0) is 27.8 Å². The van der Waals surface area contributed by atoms with E-state index in [1.807, 2.05) is 11.9 Å². The zero-order chi connectivity index (χ0) is 13.8. The fourth-order valence-electron chi connectivity index (χ4n) is 1.66. The predicted octanol–water partition coefficient (Wildman–Crippen LogP) is 1.01. The van der Waals surface area contributed by atoms with E-state index in [0.717, 1.165) is 0 Å². The topological polar surface area (TPSA) is 78.6 Å². The van der Waals surface area contributed by atoms with Crippen molar-refractivity contribution in [2.75, 3.05) is 25.5 Å². The lowest BCUT2D eigenvalue weighted by atomic mass is 10.1. The Balaban J connectivity index is 2.29. The summed E-state index contributed by atoms with van der Waals surface area (Å²) in [7, 11) is 1.87. The van der Waals surface area contributed by atoms with E-state index < -0.39 is 5.60 Å². The van der Waals surface area contributed by atoms with Crippen LogP contribution in [-0.4, -0.2) is 46.8 Å². The summed E-state index contributed by atoms with van der Waals surface area (Å²) in [5, 5.41) is 16.0. The number of carbonyl (C=O) groups is 1. The number of likely N-dealkylation sites (N-methyl/N-ethyl adjacent to an activating group) is 1. The first-order valence-electron chi connectivity index (χ1n) is 5.90. The number of amides is 1. The van der Waals surface area contributed by atoms with Gasteiger partial charge in [0, 0.05) is 25.6 Å². The van der Waals surface area contributed by atoms with Gasteiger partial charge < -0.3 is 19.8 Å². The van der Waals surface area contributed by atoms with Gasteiger partial charge in [0.2, 0.25) is 5.91 Å². The van der Waals surface area contributed by atoms with E-state index in [-0.39, 0.29) is 5.91 Å². The number of rotatable bonds is 6. The van der Waals surface area contributed by atoms with E-state index in [1.54, 1.807) is 26.8 Å². The number of aryl methyl sites for hydroxylation is 1. The molecule has 0 aliphatic rings. The largest absolute Gasteiger partial charge is 0.389 e. The molecule has 0 aliphatic carbocycles. The molecule has 0 bridgehead atoms. The molecule has 0 saturated carbocycles. The van der Waals surface area contributed by atoms with Gasteiger partial charge >= 0.3 is 0 Å². The summed E-state index contributed by atoms with van der Waals surface area (Å²) in [5.74, 6) is 0.970. The number of carbonyl (C=O) groups excluding carboxylic acids is 1. The van der Waals surface area contributed by atoms with Crippen molar-refractivity contribution in [1.29, 1.82) is 0 Å². The number of hydrogen-bond donors (Lipinski definition) is 2. The number of nitrogens with zero attached hydrogens (tertiary/aromatic N) is 2. The molecule has 1 heterocycles. The quantitative estimate of drug-likeness (QED) is 0.793. The van der Waals surface area contributed by atoms with Crippen molar-refractivity contribution in [1.82, 2.24) is 10.1 Å². The molecule has 102 valence electrons.